The number of benzene rings is 2. The molecule has 3 aromatic rings. The van der Waals surface area contributed by atoms with Crippen LogP contribution in [0.3, 0.4) is 0 Å². The van der Waals surface area contributed by atoms with Gasteiger partial charge in [0.1, 0.15) is 0 Å². The number of nitrogens with one attached hydrogen (secondary N) is 1. The highest BCUT2D eigenvalue weighted by atomic mass is 35.5. The summed E-state index contributed by atoms with van der Waals surface area (Å²) in [6, 6.07) is 16.1. The lowest BCUT2D eigenvalue weighted by Crippen LogP contribution is -2.10. The Kier molecular flexibility index (Phi) is 5.21. The molecular weight excluding hydrogens is 350 g/mol. The molecule has 1 N–H and O–H groups in total. The van der Waals surface area contributed by atoms with Crippen molar-refractivity contribution in [3.8, 4) is 11.3 Å². The van der Waals surface area contributed by atoms with E-state index in [9.17, 15) is 0 Å². The average Bonchev–Trinajstić information content (AvgIpc) is 3.05. The first-order chi connectivity index (χ1) is 11.9. The smallest absolute Gasteiger partial charge is 0.203 e. The number of hydrazone groups is 1. The highest BCUT2D eigenvalue weighted by molar-refractivity contribution is 7.14. The molecule has 0 saturated carbocycles. The summed E-state index contributed by atoms with van der Waals surface area (Å²) < 4.78 is 0. The Morgan fingerprint density at radius 2 is 1.72 bits per heavy atom. The molecular formula is C20H20ClN3S. The molecule has 25 heavy (non-hydrogen) atoms. The van der Waals surface area contributed by atoms with E-state index in [2.05, 4.69) is 60.5 Å². The summed E-state index contributed by atoms with van der Waals surface area (Å²) in [5.41, 5.74) is 7.49. The number of halogens is 1. The van der Waals surface area contributed by atoms with Gasteiger partial charge in [-0.3, -0.25) is 5.43 Å². The molecule has 0 unspecified atom stereocenters. The van der Waals surface area contributed by atoms with E-state index in [0.29, 0.717) is 5.02 Å². The van der Waals surface area contributed by atoms with E-state index >= 15 is 0 Å². The summed E-state index contributed by atoms with van der Waals surface area (Å²) in [6.07, 6.45) is 1.75. The van der Waals surface area contributed by atoms with Crippen molar-refractivity contribution >= 4 is 34.3 Å². The summed E-state index contributed by atoms with van der Waals surface area (Å²) in [5.74, 6) is 0. The summed E-state index contributed by atoms with van der Waals surface area (Å²) in [7, 11) is 0. The third-order valence-electron chi connectivity index (χ3n) is 3.79. The van der Waals surface area contributed by atoms with Crippen LogP contribution < -0.4 is 5.43 Å². The highest BCUT2D eigenvalue weighted by Gasteiger charge is 2.13. The third-order valence-corrected chi connectivity index (χ3v) is 4.79. The topological polar surface area (TPSA) is 37.3 Å². The minimum absolute atomic E-state index is 0.156. The van der Waals surface area contributed by atoms with Gasteiger partial charge in [-0.05, 0) is 28.7 Å². The van der Waals surface area contributed by atoms with Crippen molar-refractivity contribution in [1.29, 1.82) is 0 Å². The van der Waals surface area contributed by atoms with Crippen molar-refractivity contribution in [2.24, 2.45) is 5.10 Å². The van der Waals surface area contributed by atoms with Crippen LogP contribution in [0.15, 0.2) is 59.0 Å². The Labute approximate surface area is 157 Å². The van der Waals surface area contributed by atoms with Crippen LogP contribution in [0.2, 0.25) is 5.02 Å². The maximum atomic E-state index is 5.87. The lowest BCUT2D eigenvalue weighted by molar-refractivity contribution is 0.590. The molecule has 0 aliphatic carbocycles. The molecule has 0 atom stereocenters. The van der Waals surface area contributed by atoms with Crippen molar-refractivity contribution in [1.82, 2.24) is 4.98 Å². The molecule has 1 aromatic heterocycles. The van der Waals surface area contributed by atoms with Crippen LogP contribution in [0, 0.1) is 0 Å². The Morgan fingerprint density at radius 3 is 2.36 bits per heavy atom. The van der Waals surface area contributed by atoms with E-state index in [1.165, 1.54) is 16.9 Å². The van der Waals surface area contributed by atoms with Gasteiger partial charge < -0.3 is 0 Å². The van der Waals surface area contributed by atoms with Crippen molar-refractivity contribution in [3.05, 3.63) is 70.1 Å². The number of rotatable bonds is 4. The van der Waals surface area contributed by atoms with E-state index in [4.69, 9.17) is 11.6 Å². The third kappa shape index (κ3) is 4.68. The summed E-state index contributed by atoms with van der Waals surface area (Å²) in [5, 5.41) is 7.74. The second-order valence-corrected chi connectivity index (χ2v) is 8.08. The zero-order chi connectivity index (χ0) is 17.9. The molecule has 0 amide bonds. The maximum Gasteiger partial charge on any atom is 0.203 e. The molecule has 3 nitrogen and oxygen atoms in total. The standard InChI is InChI=1S/C20H20ClN3S/c1-20(2,3)16-8-6-15(7-9-16)18-13-25-19(23-18)24-22-12-14-4-10-17(21)11-5-14/h4-13H,1-3H3,(H,23,24)/b22-12+. The van der Waals surface area contributed by atoms with Crippen LogP contribution in [0.4, 0.5) is 5.13 Å². The minimum Gasteiger partial charge on any atom is -0.253 e. The monoisotopic (exact) mass is 369 g/mol. The zero-order valence-electron chi connectivity index (χ0n) is 14.5. The SMILES string of the molecule is CC(C)(C)c1ccc(-c2csc(N/N=C/c3ccc(Cl)cc3)n2)cc1. The van der Waals surface area contributed by atoms with E-state index in [-0.39, 0.29) is 5.41 Å². The van der Waals surface area contributed by atoms with Crippen molar-refractivity contribution in [2.45, 2.75) is 26.2 Å². The fourth-order valence-corrected chi connectivity index (χ4v) is 3.10. The minimum atomic E-state index is 0.156. The number of nitrogens with zero attached hydrogens (tertiary/aromatic N) is 2. The maximum absolute atomic E-state index is 5.87. The number of hydrogen-bond donors (Lipinski definition) is 1. The largest absolute Gasteiger partial charge is 0.253 e. The summed E-state index contributed by atoms with van der Waals surface area (Å²) >= 11 is 7.40. The highest BCUT2D eigenvalue weighted by Crippen LogP contribution is 2.28. The van der Waals surface area contributed by atoms with Crippen molar-refractivity contribution in [3.63, 3.8) is 0 Å². The van der Waals surface area contributed by atoms with Crippen LogP contribution in [-0.2, 0) is 5.41 Å². The normalized spacial score (nSPS) is 11.8. The predicted octanol–water partition coefficient (Wildman–Crippen LogP) is 6.21. The lowest BCUT2D eigenvalue weighted by Gasteiger charge is -2.18. The molecule has 1 heterocycles. The van der Waals surface area contributed by atoms with Gasteiger partial charge in [0, 0.05) is 16.0 Å². The van der Waals surface area contributed by atoms with Gasteiger partial charge in [-0.2, -0.15) is 5.10 Å². The average molecular weight is 370 g/mol. The molecule has 128 valence electrons. The molecule has 0 aliphatic heterocycles. The lowest BCUT2D eigenvalue weighted by atomic mass is 9.86. The van der Waals surface area contributed by atoms with Gasteiger partial charge in [0.15, 0.2) is 0 Å². The number of thiazole rings is 1. The van der Waals surface area contributed by atoms with Gasteiger partial charge in [0.25, 0.3) is 0 Å². The van der Waals surface area contributed by atoms with Gasteiger partial charge in [-0.15, -0.1) is 11.3 Å². The number of aromatic nitrogens is 1. The molecule has 0 radical (unpaired) electrons. The van der Waals surface area contributed by atoms with Gasteiger partial charge in [-0.1, -0.05) is 68.8 Å². The fourth-order valence-electron chi connectivity index (χ4n) is 2.31. The second-order valence-electron chi connectivity index (χ2n) is 6.79. The van der Waals surface area contributed by atoms with E-state index in [1.807, 2.05) is 29.6 Å². The van der Waals surface area contributed by atoms with Crippen LogP contribution >= 0.6 is 22.9 Å². The number of hydrogen-bond acceptors (Lipinski definition) is 4. The number of anilines is 1. The Hall–Kier alpha value is -2.17. The Morgan fingerprint density at radius 1 is 1.04 bits per heavy atom. The predicted molar refractivity (Wildman–Crippen MR) is 109 cm³/mol. The van der Waals surface area contributed by atoms with Crippen molar-refractivity contribution < 1.29 is 0 Å². The zero-order valence-corrected chi connectivity index (χ0v) is 16.0. The second kappa shape index (κ2) is 7.38. The van der Waals surface area contributed by atoms with Crippen LogP contribution in [0.5, 0.6) is 0 Å². The first-order valence-electron chi connectivity index (χ1n) is 8.03. The van der Waals surface area contributed by atoms with Crippen LogP contribution in [-0.4, -0.2) is 11.2 Å². The van der Waals surface area contributed by atoms with Crippen molar-refractivity contribution in [2.75, 3.05) is 5.43 Å². The van der Waals surface area contributed by atoms with E-state index in [1.54, 1.807) is 6.21 Å². The first-order valence-corrected chi connectivity index (χ1v) is 9.29. The van der Waals surface area contributed by atoms with E-state index in [0.717, 1.165) is 22.0 Å². The van der Waals surface area contributed by atoms with Gasteiger partial charge in [-0.25, -0.2) is 4.98 Å². The fraction of sp³-hybridized carbons (Fsp3) is 0.200. The van der Waals surface area contributed by atoms with Gasteiger partial charge >= 0.3 is 0 Å². The van der Waals surface area contributed by atoms with Crippen LogP contribution in [0.1, 0.15) is 31.9 Å². The van der Waals surface area contributed by atoms with Gasteiger partial charge in [0.2, 0.25) is 5.13 Å². The molecule has 0 bridgehead atoms. The van der Waals surface area contributed by atoms with Gasteiger partial charge in [0.05, 0.1) is 11.9 Å². The molecule has 5 heteroatoms. The van der Waals surface area contributed by atoms with Crippen LogP contribution in [0.25, 0.3) is 11.3 Å². The Balaban J connectivity index is 1.67. The molecule has 3 rings (SSSR count). The molecule has 0 aliphatic rings. The first kappa shape index (κ1) is 17.6. The summed E-state index contributed by atoms with van der Waals surface area (Å²) in [4.78, 5) is 4.59. The molecule has 0 spiro atoms. The summed E-state index contributed by atoms with van der Waals surface area (Å²) in [6.45, 7) is 6.64. The Bertz CT molecular complexity index is 859. The quantitative estimate of drug-likeness (QED) is 0.438. The molecule has 2 aromatic carbocycles. The molecule has 0 saturated heterocycles. The van der Waals surface area contributed by atoms with E-state index < -0.39 is 0 Å². The molecule has 0 fully saturated rings.